The summed E-state index contributed by atoms with van der Waals surface area (Å²) in [7, 11) is 1.82. The maximum atomic E-state index is 12.7. The number of amides is 1. The second-order valence-corrected chi connectivity index (χ2v) is 9.16. The number of guanidine groups is 1. The smallest absolute Gasteiger partial charge is 0.239 e. The van der Waals surface area contributed by atoms with Gasteiger partial charge < -0.3 is 19.9 Å². The highest BCUT2D eigenvalue weighted by Crippen LogP contribution is 2.23. The molecule has 32 heavy (non-hydrogen) atoms. The first-order chi connectivity index (χ1) is 15.6. The fourth-order valence-corrected chi connectivity index (χ4v) is 4.95. The number of ether oxygens (including phenoxy) is 1. The van der Waals surface area contributed by atoms with Gasteiger partial charge in [-0.15, -0.1) is 0 Å². The van der Waals surface area contributed by atoms with Crippen LogP contribution in [0.25, 0.3) is 0 Å². The molecule has 1 aromatic rings. The van der Waals surface area contributed by atoms with Crippen LogP contribution in [0.5, 0.6) is 5.88 Å². The zero-order valence-electron chi connectivity index (χ0n) is 19.6. The van der Waals surface area contributed by atoms with Crippen molar-refractivity contribution in [3.05, 3.63) is 23.9 Å². The van der Waals surface area contributed by atoms with Gasteiger partial charge in [0, 0.05) is 65.1 Å². The van der Waals surface area contributed by atoms with Gasteiger partial charge in [-0.3, -0.25) is 14.7 Å². The Morgan fingerprint density at radius 2 is 1.81 bits per heavy atom. The molecular weight excluding hydrogens is 404 g/mol. The van der Waals surface area contributed by atoms with Crippen LogP contribution in [-0.4, -0.2) is 90.0 Å². The molecule has 0 aromatic carbocycles. The molecule has 1 atom stereocenters. The Kier molecular flexibility index (Phi) is 7.84. The third kappa shape index (κ3) is 5.71. The highest BCUT2D eigenvalue weighted by atomic mass is 16.5. The fourth-order valence-electron chi connectivity index (χ4n) is 4.95. The molecule has 1 aromatic heterocycles. The molecule has 176 valence electrons. The summed E-state index contributed by atoms with van der Waals surface area (Å²) in [6.07, 6.45) is 9.28. The van der Waals surface area contributed by atoms with Crippen molar-refractivity contribution in [1.82, 2.24) is 25.0 Å². The largest absolute Gasteiger partial charge is 0.474 e. The van der Waals surface area contributed by atoms with Gasteiger partial charge in [0.2, 0.25) is 11.8 Å². The lowest BCUT2D eigenvalue weighted by Crippen LogP contribution is -2.57. The van der Waals surface area contributed by atoms with Crippen molar-refractivity contribution in [1.29, 1.82) is 0 Å². The summed E-state index contributed by atoms with van der Waals surface area (Å²) < 4.78 is 5.96. The first-order valence-corrected chi connectivity index (χ1v) is 12.2. The first kappa shape index (κ1) is 22.8. The van der Waals surface area contributed by atoms with E-state index in [0.717, 1.165) is 82.4 Å². The third-order valence-electron chi connectivity index (χ3n) is 6.99. The van der Waals surface area contributed by atoms with Gasteiger partial charge in [0.05, 0.1) is 6.04 Å². The predicted octanol–water partition coefficient (Wildman–Crippen LogP) is 2.11. The standard InChI is InChI=1S/C24H38N6O2/c1-19(23(31)29-11-5-6-12-29)28-13-15-30(16-14-28)24(25-2)27-18-20-9-10-22(26-17-20)32-21-7-3-4-8-21/h9-10,17,19,21H,3-8,11-16,18H2,1-2H3,(H,25,27). The van der Waals surface area contributed by atoms with Gasteiger partial charge in [0.15, 0.2) is 5.96 Å². The monoisotopic (exact) mass is 442 g/mol. The van der Waals surface area contributed by atoms with Gasteiger partial charge in [0.25, 0.3) is 0 Å². The van der Waals surface area contributed by atoms with Gasteiger partial charge in [0.1, 0.15) is 6.10 Å². The minimum Gasteiger partial charge on any atom is -0.474 e. The van der Waals surface area contributed by atoms with Crippen molar-refractivity contribution in [2.24, 2.45) is 4.99 Å². The van der Waals surface area contributed by atoms with Crippen molar-refractivity contribution in [2.75, 3.05) is 46.3 Å². The van der Waals surface area contributed by atoms with Crippen molar-refractivity contribution < 1.29 is 9.53 Å². The highest BCUT2D eigenvalue weighted by molar-refractivity contribution is 5.82. The average Bonchev–Trinajstić information content (AvgIpc) is 3.55. The summed E-state index contributed by atoms with van der Waals surface area (Å²) in [6, 6.07) is 4.00. The lowest BCUT2D eigenvalue weighted by Gasteiger charge is -2.39. The number of nitrogens with one attached hydrogen (secondary N) is 1. The predicted molar refractivity (Wildman–Crippen MR) is 126 cm³/mol. The molecule has 1 aliphatic carbocycles. The highest BCUT2D eigenvalue weighted by Gasteiger charge is 2.30. The van der Waals surface area contributed by atoms with Crippen LogP contribution in [0.1, 0.15) is 51.0 Å². The van der Waals surface area contributed by atoms with E-state index < -0.39 is 0 Å². The van der Waals surface area contributed by atoms with E-state index in [-0.39, 0.29) is 11.9 Å². The van der Waals surface area contributed by atoms with Crippen LogP contribution >= 0.6 is 0 Å². The molecular formula is C24H38N6O2. The zero-order valence-corrected chi connectivity index (χ0v) is 19.6. The van der Waals surface area contributed by atoms with Crippen LogP contribution in [0.4, 0.5) is 0 Å². The van der Waals surface area contributed by atoms with Crippen molar-refractivity contribution >= 4 is 11.9 Å². The van der Waals surface area contributed by atoms with E-state index in [1.165, 1.54) is 12.8 Å². The van der Waals surface area contributed by atoms with Crippen LogP contribution in [0.2, 0.25) is 0 Å². The second-order valence-electron chi connectivity index (χ2n) is 9.16. The summed E-state index contributed by atoms with van der Waals surface area (Å²) in [4.78, 5) is 28.3. The molecule has 0 bridgehead atoms. The summed E-state index contributed by atoms with van der Waals surface area (Å²) >= 11 is 0. The molecule has 8 nitrogen and oxygen atoms in total. The summed E-state index contributed by atoms with van der Waals surface area (Å²) in [5.41, 5.74) is 1.10. The lowest BCUT2D eigenvalue weighted by atomic mass is 10.2. The molecule has 3 heterocycles. The summed E-state index contributed by atoms with van der Waals surface area (Å²) in [6.45, 7) is 8.04. The van der Waals surface area contributed by atoms with E-state index in [1.807, 2.05) is 24.2 Å². The molecule has 4 rings (SSSR count). The number of pyridine rings is 1. The van der Waals surface area contributed by atoms with Crippen LogP contribution in [-0.2, 0) is 11.3 Å². The molecule has 2 aliphatic heterocycles. The Bertz CT molecular complexity index is 763. The lowest BCUT2D eigenvalue weighted by molar-refractivity contribution is -0.135. The Morgan fingerprint density at radius 1 is 1.09 bits per heavy atom. The number of hydrogen-bond acceptors (Lipinski definition) is 5. The summed E-state index contributed by atoms with van der Waals surface area (Å²) in [5, 5.41) is 3.46. The Labute approximate surface area is 192 Å². The number of rotatable bonds is 6. The normalized spacial score (nSPS) is 21.8. The van der Waals surface area contributed by atoms with Crippen LogP contribution in [0.15, 0.2) is 23.3 Å². The molecule has 1 unspecified atom stereocenters. The number of aliphatic imine (C=N–C) groups is 1. The average molecular weight is 443 g/mol. The molecule has 2 saturated heterocycles. The van der Waals surface area contributed by atoms with Crippen molar-refractivity contribution in [3.63, 3.8) is 0 Å². The van der Waals surface area contributed by atoms with Crippen molar-refractivity contribution in [3.8, 4) is 5.88 Å². The zero-order chi connectivity index (χ0) is 22.3. The number of carbonyl (C=O) groups is 1. The molecule has 0 radical (unpaired) electrons. The molecule has 3 fully saturated rings. The Morgan fingerprint density at radius 3 is 2.44 bits per heavy atom. The maximum absolute atomic E-state index is 12.7. The van der Waals surface area contributed by atoms with E-state index in [9.17, 15) is 4.79 Å². The van der Waals surface area contributed by atoms with E-state index in [2.05, 4.69) is 38.1 Å². The molecule has 1 saturated carbocycles. The van der Waals surface area contributed by atoms with Crippen molar-refractivity contribution in [2.45, 2.75) is 64.1 Å². The van der Waals surface area contributed by atoms with Gasteiger partial charge in [-0.1, -0.05) is 6.07 Å². The van der Waals surface area contributed by atoms with E-state index in [4.69, 9.17) is 4.74 Å². The first-order valence-electron chi connectivity index (χ1n) is 12.2. The fraction of sp³-hybridized carbons (Fsp3) is 0.708. The number of piperazine rings is 1. The van der Waals surface area contributed by atoms with Gasteiger partial charge in [-0.25, -0.2) is 4.98 Å². The van der Waals surface area contributed by atoms with E-state index in [0.29, 0.717) is 12.6 Å². The molecule has 1 amide bonds. The molecule has 0 spiro atoms. The Balaban J connectivity index is 1.22. The van der Waals surface area contributed by atoms with Gasteiger partial charge >= 0.3 is 0 Å². The number of carbonyl (C=O) groups excluding carboxylic acids is 1. The molecule has 8 heteroatoms. The molecule has 1 N–H and O–H groups in total. The minimum atomic E-state index is -0.0405. The number of nitrogens with zero attached hydrogens (tertiary/aromatic N) is 5. The third-order valence-corrected chi connectivity index (χ3v) is 6.99. The SMILES string of the molecule is CN=C(NCc1ccc(OC2CCCC2)nc1)N1CCN(C(C)C(=O)N2CCCC2)CC1. The van der Waals surface area contributed by atoms with Crippen LogP contribution in [0, 0.1) is 0 Å². The van der Waals surface area contributed by atoms with Crippen LogP contribution < -0.4 is 10.1 Å². The number of hydrogen-bond donors (Lipinski definition) is 1. The minimum absolute atomic E-state index is 0.0405. The van der Waals surface area contributed by atoms with E-state index >= 15 is 0 Å². The second kappa shape index (κ2) is 11.0. The number of likely N-dealkylation sites (tertiary alicyclic amines) is 1. The van der Waals surface area contributed by atoms with Gasteiger partial charge in [-0.2, -0.15) is 0 Å². The topological polar surface area (TPSA) is 73.3 Å². The Hall–Kier alpha value is -2.35. The molecule has 3 aliphatic rings. The number of aromatic nitrogens is 1. The summed E-state index contributed by atoms with van der Waals surface area (Å²) in [5.74, 6) is 1.90. The van der Waals surface area contributed by atoms with Gasteiger partial charge in [-0.05, 0) is 51.0 Å². The maximum Gasteiger partial charge on any atom is 0.239 e. The quantitative estimate of drug-likeness (QED) is 0.537. The van der Waals surface area contributed by atoms with E-state index in [1.54, 1.807) is 0 Å². The van der Waals surface area contributed by atoms with Crippen LogP contribution in [0.3, 0.4) is 0 Å².